The molecule has 2 aromatic carbocycles. The molecule has 0 spiro atoms. The number of hydrogen-bond acceptors (Lipinski definition) is 2. The van der Waals surface area contributed by atoms with Crippen molar-refractivity contribution in [3.63, 3.8) is 0 Å². The third kappa shape index (κ3) is 4.25. The minimum absolute atomic E-state index is 0.264. The largest absolute Gasteiger partial charge is 0.399 e. The molecule has 0 aromatic heterocycles. The van der Waals surface area contributed by atoms with Crippen molar-refractivity contribution in [1.82, 2.24) is 0 Å². The second-order valence-electron chi connectivity index (χ2n) is 4.57. The summed E-state index contributed by atoms with van der Waals surface area (Å²) >= 11 is 11.9. The van der Waals surface area contributed by atoms with Crippen LogP contribution < -0.4 is 11.1 Å². The molecule has 5 heteroatoms. The molecular weight excluding hydrogens is 307 g/mol. The fourth-order valence-corrected chi connectivity index (χ4v) is 2.29. The molecule has 0 radical (unpaired) electrons. The van der Waals surface area contributed by atoms with Gasteiger partial charge in [0.15, 0.2) is 0 Å². The van der Waals surface area contributed by atoms with E-state index >= 15 is 0 Å². The van der Waals surface area contributed by atoms with Crippen LogP contribution in [-0.2, 0) is 4.79 Å². The molecule has 0 bridgehead atoms. The number of amides is 1. The number of hydrogen-bond donors (Lipinski definition) is 2. The maximum atomic E-state index is 11.9. The van der Waals surface area contributed by atoms with Crippen LogP contribution in [0, 0.1) is 6.92 Å². The summed E-state index contributed by atoms with van der Waals surface area (Å²) in [6, 6.07) is 10.5. The Morgan fingerprint density at radius 3 is 2.48 bits per heavy atom. The van der Waals surface area contributed by atoms with E-state index in [1.54, 1.807) is 30.3 Å². The topological polar surface area (TPSA) is 55.1 Å². The van der Waals surface area contributed by atoms with Gasteiger partial charge in [0.05, 0.1) is 10.7 Å². The van der Waals surface area contributed by atoms with Crippen molar-refractivity contribution in [2.24, 2.45) is 0 Å². The average molecular weight is 321 g/mol. The third-order valence-electron chi connectivity index (χ3n) is 2.86. The zero-order chi connectivity index (χ0) is 15.4. The average Bonchev–Trinajstić information content (AvgIpc) is 2.42. The molecule has 2 aromatic rings. The molecule has 0 heterocycles. The summed E-state index contributed by atoms with van der Waals surface area (Å²) in [5.74, 6) is -0.264. The summed E-state index contributed by atoms with van der Waals surface area (Å²) in [6.07, 6.45) is 3.14. The number of nitrogen functional groups attached to an aromatic ring is 1. The van der Waals surface area contributed by atoms with Gasteiger partial charge in [0.25, 0.3) is 0 Å². The van der Waals surface area contributed by atoms with Gasteiger partial charge in [0, 0.05) is 16.8 Å². The molecule has 0 unspecified atom stereocenters. The molecule has 0 saturated heterocycles. The van der Waals surface area contributed by atoms with E-state index in [0.29, 0.717) is 21.4 Å². The Morgan fingerprint density at radius 2 is 1.86 bits per heavy atom. The summed E-state index contributed by atoms with van der Waals surface area (Å²) in [5.41, 5.74) is 8.51. The SMILES string of the molecule is Cc1cc(N)cc(Cl)c1NC(=O)/C=C/c1ccc(Cl)cc1. The van der Waals surface area contributed by atoms with Crippen molar-refractivity contribution in [2.45, 2.75) is 6.92 Å². The van der Waals surface area contributed by atoms with Crippen LogP contribution in [-0.4, -0.2) is 5.91 Å². The highest BCUT2D eigenvalue weighted by atomic mass is 35.5. The first-order valence-electron chi connectivity index (χ1n) is 6.26. The molecule has 0 atom stereocenters. The van der Waals surface area contributed by atoms with Gasteiger partial charge in [-0.05, 0) is 48.4 Å². The molecule has 3 N–H and O–H groups in total. The van der Waals surface area contributed by atoms with Crippen LogP contribution in [0.4, 0.5) is 11.4 Å². The van der Waals surface area contributed by atoms with Gasteiger partial charge in [0.2, 0.25) is 5.91 Å². The first kappa shape index (κ1) is 15.4. The smallest absolute Gasteiger partial charge is 0.248 e. The molecule has 0 aliphatic heterocycles. The first-order chi connectivity index (χ1) is 9.95. The highest BCUT2D eigenvalue weighted by Gasteiger charge is 2.07. The van der Waals surface area contributed by atoms with Crippen LogP contribution in [0.15, 0.2) is 42.5 Å². The van der Waals surface area contributed by atoms with E-state index in [2.05, 4.69) is 5.32 Å². The maximum Gasteiger partial charge on any atom is 0.248 e. The van der Waals surface area contributed by atoms with Crippen LogP contribution in [0.2, 0.25) is 10.0 Å². The Hall–Kier alpha value is -1.97. The second-order valence-corrected chi connectivity index (χ2v) is 5.41. The zero-order valence-corrected chi connectivity index (χ0v) is 12.9. The number of benzene rings is 2. The van der Waals surface area contributed by atoms with Gasteiger partial charge in [0.1, 0.15) is 0 Å². The van der Waals surface area contributed by atoms with E-state index in [0.717, 1.165) is 11.1 Å². The fourth-order valence-electron chi connectivity index (χ4n) is 1.84. The summed E-state index contributed by atoms with van der Waals surface area (Å²) in [4.78, 5) is 11.9. The molecule has 0 saturated carbocycles. The van der Waals surface area contributed by atoms with Crippen LogP contribution in [0.3, 0.4) is 0 Å². The van der Waals surface area contributed by atoms with E-state index in [-0.39, 0.29) is 5.91 Å². The van der Waals surface area contributed by atoms with Gasteiger partial charge < -0.3 is 11.1 Å². The molecule has 0 fully saturated rings. The number of aryl methyl sites for hydroxylation is 1. The van der Waals surface area contributed by atoms with Crippen LogP contribution in [0.1, 0.15) is 11.1 Å². The van der Waals surface area contributed by atoms with Gasteiger partial charge in [-0.25, -0.2) is 0 Å². The number of rotatable bonds is 3. The van der Waals surface area contributed by atoms with E-state index in [4.69, 9.17) is 28.9 Å². The first-order valence-corrected chi connectivity index (χ1v) is 7.01. The highest BCUT2D eigenvalue weighted by molar-refractivity contribution is 6.34. The standard InChI is InChI=1S/C16H14Cl2N2O/c1-10-8-13(19)9-14(18)16(10)20-15(21)7-4-11-2-5-12(17)6-3-11/h2-9H,19H2,1H3,(H,20,21)/b7-4+. The Balaban J connectivity index is 2.10. The molecule has 108 valence electrons. The lowest BCUT2D eigenvalue weighted by molar-refractivity contribution is -0.111. The fraction of sp³-hybridized carbons (Fsp3) is 0.0625. The molecule has 1 amide bonds. The van der Waals surface area contributed by atoms with E-state index in [9.17, 15) is 4.79 Å². The van der Waals surface area contributed by atoms with Crippen molar-refractivity contribution in [1.29, 1.82) is 0 Å². The second kappa shape index (κ2) is 6.66. The lowest BCUT2D eigenvalue weighted by atomic mass is 10.1. The van der Waals surface area contributed by atoms with Gasteiger partial charge in [-0.15, -0.1) is 0 Å². The van der Waals surface area contributed by atoms with E-state index < -0.39 is 0 Å². The Kier molecular flexibility index (Phi) is 4.89. The predicted octanol–water partition coefficient (Wildman–Crippen LogP) is 4.54. The number of anilines is 2. The van der Waals surface area contributed by atoms with Gasteiger partial charge >= 0.3 is 0 Å². The number of nitrogens with two attached hydrogens (primary N) is 1. The van der Waals surface area contributed by atoms with Crippen LogP contribution in [0.25, 0.3) is 6.08 Å². The molecule has 0 aliphatic carbocycles. The van der Waals surface area contributed by atoms with Gasteiger partial charge in [-0.2, -0.15) is 0 Å². The van der Waals surface area contributed by atoms with E-state index in [1.807, 2.05) is 19.1 Å². The normalized spacial score (nSPS) is 10.8. The summed E-state index contributed by atoms with van der Waals surface area (Å²) in [7, 11) is 0. The molecular formula is C16H14Cl2N2O. The third-order valence-corrected chi connectivity index (χ3v) is 3.41. The quantitative estimate of drug-likeness (QED) is 0.644. The van der Waals surface area contributed by atoms with Gasteiger partial charge in [-0.1, -0.05) is 35.3 Å². The summed E-state index contributed by atoms with van der Waals surface area (Å²) in [6.45, 7) is 1.83. The number of halogens is 2. The lowest BCUT2D eigenvalue weighted by Crippen LogP contribution is -2.09. The summed E-state index contributed by atoms with van der Waals surface area (Å²) in [5, 5.41) is 3.82. The van der Waals surface area contributed by atoms with E-state index in [1.165, 1.54) is 6.08 Å². The van der Waals surface area contributed by atoms with Crippen LogP contribution in [0.5, 0.6) is 0 Å². The molecule has 0 aliphatic rings. The number of carbonyl (C=O) groups excluding carboxylic acids is 1. The molecule has 2 rings (SSSR count). The van der Waals surface area contributed by atoms with Crippen molar-refractivity contribution in [2.75, 3.05) is 11.1 Å². The van der Waals surface area contributed by atoms with Crippen molar-refractivity contribution >= 4 is 46.6 Å². The Labute approximate surface area is 133 Å². The van der Waals surface area contributed by atoms with Crippen molar-refractivity contribution < 1.29 is 4.79 Å². The number of nitrogens with one attached hydrogen (secondary N) is 1. The highest BCUT2D eigenvalue weighted by Crippen LogP contribution is 2.28. The zero-order valence-electron chi connectivity index (χ0n) is 11.4. The Morgan fingerprint density at radius 1 is 1.19 bits per heavy atom. The lowest BCUT2D eigenvalue weighted by Gasteiger charge is -2.09. The monoisotopic (exact) mass is 320 g/mol. The minimum Gasteiger partial charge on any atom is -0.399 e. The molecule has 21 heavy (non-hydrogen) atoms. The van der Waals surface area contributed by atoms with Crippen molar-refractivity contribution in [3.05, 3.63) is 63.6 Å². The van der Waals surface area contributed by atoms with Gasteiger partial charge in [-0.3, -0.25) is 4.79 Å². The number of carbonyl (C=O) groups is 1. The Bertz CT molecular complexity index is 671. The summed E-state index contributed by atoms with van der Waals surface area (Å²) < 4.78 is 0. The molecule has 3 nitrogen and oxygen atoms in total. The predicted molar refractivity (Wildman–Crippen MR) is 89.7 cm³/mol. The van der Waals surface area contributed by atoms with Crippen LogP contribution >= 0.6 is 23.2 Å². The van der Waals surface area contributed by atoms with Crippen molar-refractivity contribution in [3.8, 4) is 0 Å². The minimum atomic E-state index is -0.264. The maximum absolute atomic E-state index is 11.9.